The summed E-state index contributed by atoms with van der Waals surface area (Å²) in [7, 11) is 0. The predicted molar refractivity (Wildman–Crippen MR) is 97.9 cm³/mol. The molecule has 0 fully saturated rings. The summed E-state index contributed by atoms with van der Waals surface area (Å²) < 4.78 is 1.90. The van der Waals surface area contributed by atoms with Crippen LogP contribution in [0, 0.1) is 0 Å². The van der Waals surface area contributed by atoms with Crippen LogP contribution in [0.3, 0.4) is 0 Å². The quantitative estimate of drug-likeness (QED) is 0.661. The minimum absolute atomic E-state index is 0.262. The molecule has 1 aliphatic heterocycles. The largest absolute Gasteiger partial charge is 0.404 e. The van der Waals surface area contributed by atoms with Crippen LogP contribution in [0.4, 0.5) is 5.13 Å². The summed E-state index contributed by atoms with van der Waals surface area (Å²) >= 11 is 6.40. The minimum atomic E-state index is -0.262. The molecule has 2 N–H and O–H groups in total. The van der Waals surface area contributed by atoms with Crippen molar-refractivity contribution in [3.8, 4) is 0 Å². The fourth-order valence-corrected chi connectivity index (χ4v) is 4.75. The van der Waals surface area contributed by atoms with Crippen LogP contribution in [-0.4, -0.2) is 16.6 Å². The van der Waals surface area contributed by atoms with E-state index in [-0.39, 0.29) is 5.91 Å². The van der Waals surface area contributed by atoms with E-state index in [4.69, 9.17) is 5.73 Å². The van der Waals surface area contributed by atoms with Gasteiger partial charge in [-0.2, -0.15) is 10.1 Å². The number of anilines is 1. The highest BCUT2D eigenvalue weighted by Gasteiger charge is 2.34. The summed E-state index contributed by atoms with van der Waals surface area (Å²) in [6, 6.07) is 9.66. The number of para-hydroxylation sites is 1. The number of thiophene rings is 1. The molecule has 1 amide bonds. The molecule has 3 aromatic rings. The van der Waals surface area contributed by atoms with Crippen LogP contribution in [0.15, 0.2) is 57.1 Å². The van der Waals surface area contributed by atoms with E-state index < -0.39 is 0 Å². The molecule has 0 spiro atoms. The van der Waals surface area contributed by atoms with Crippen molar-refractivity contribution < 1.29 is 4.79 Å². The molecule has 0 atom stereocenters. The van der Waals surface area contributed by atoms with E-state index in [1.165, 1.54) is 33.9 Å². The van der Waals surface area contributed by atoms with Crippen LogP contribution in [0.5, 0.6) is 0 Å². The van der Waals surface area contributed by atoms with E-state index >= 15 is 0 Å². The zero-order valence-electron chi connectivity index (χ0n) is 11.6. The molecular formula is C15H9BrN4OS2. The molecule has 0 bridgehead atoms. The number of benzene rings is 1. The molecule has 23 heavy (non-hydrogen) atoms. The van der Waals surface area contributed by atoms with Gasteiger partial charge in [0.1, 0.15) is 5.71 Å². The average molecular weight is 405 g/mol. The SMILES string of the molecule is N/C=C1/C(=O)N(c2nc3ccccc3s2)N=C1c1sccc1Br. The lowest BCUT2D eigenvalue weighted by Gasteiger charge is -2.05. The number of hydrogen-bond acceptors (Lipinski definition) is 6. The van der Waals surface area contributed by atoms with Gasteiger partial charge in [0.15, 0.2) is 0 Å². The molecule has 8 heteroatoms. The van der Waals surface area contributed by atoms with Gasteiger partial charge in [-0.05, 0) is 39.5 Å². The lowest BCUT2D eigenvalue weighted by molar-refractivity contribution is -0.114. The van der Waals surface area contributed by atoms with Crippen molar-refractivity contribution in [2.24, 2.45) is 10.8 Å². The van der Waals surface area contributed by atoms with E-state index in [2.05, 4.69) is 26.0 Å². The Morgan fingerprint density at radius 1 is 1.26 bits per heavy atom. The third kappa shape index (κ3) is 2.30. The number of hydrazone groups is 1. The first-order chi connectivity index (χ1) is 11.2. The number of aromatic nitrogens is 1. The summed E-state index contributed by atoms with van der Waals surface area (Å²) in [5.74, 6) is -0.262. The number of rotatable bonds is 2. The van der Waals surface area contributed by atoms with Crippen LogP contribution in [0.2, 0.25) is 0 Å². The van der Waals surface area contributed by atoms with Crippen LogP contribution in [0.25, 0.3) is 10.2 Å². The van der Waals surface area contributed by atoms with Crippen LogP contribution in [0.1, 0.15) is 4.88 Å². The molecule has 1 aromatic carbocycles. The molecule has 2 aromatic heterocycles. The fourth-order valence-electron chi connectivity index (χ4n) is 2.28. The van der Waals surface area contributed by atoms with Crippen LogP contribution in [-0.2, 0) is 4.79 Å². The third-order valence-electron chi connectivity index (χ3n) is 3.34. The second kappa shape index (κ2) is 5.55. The monoisotopic (exact) mass is 404 g/mol. The molecule has 0 radical (unpaired) electrons. The van der Waals surface area contributed by atoms with E-state index in [1.54, 1.807) is 0 Å². The first-order valence-electron chi connectivity index (χ1n) is 6.63. The van der Waals surface area contributed by atoms with Gasteiger partial charge in [-0.25, -0.2) is 4.98 Å². The number of amides is 1. The van der Waals surface area contributed by atoms with Crippen molar-refractivity contribution in [2.45, 2.75) is 0 Å². The summed E-state index contributed by atoms with van der Waals surface area (Å²) in [5, 5.41) is 8.27. The summed E-state index contributed by atoms with van der Waals surface area (Å²) in [6.45, 7) is 0. The maximum atomic E-state index is 12.6. The van der Waals surface area contributed by atoms with Gasteiger partial charge in [0.2, 0.25) is 5.13 Å². The number of thiazole rings is 1. The zero-order valence-corrected chi connectivity index (χ0v) is 14.8. The fraction of sp³-hybridized carbons (Fsp3) is 0. The van der Waals surface area contributed by atoms with Crippen molar-refractivity contribution >= 4 is 65.6 Å². The number of nitrogens with two attached hydrogens (primary N) is 1. The minimum Gasteiger partial charge on any atom is -0.404 e. The Morgan fingerprint density at radius 2 is 2.09 bits per heavy atom. The Morgan fingerprint density at radius 3 is 2.78 bits per heavy atom. The highest BCUT2D eigenvalue weighted by molar-refractivity contribution is 9.10. The molecule has 0 saturated carbocycles. The topological polar surface area (TPSA) is 71.6 Å². The van der Waals surface area contributed by atoms with E-state index in [1.807, 2.05) is 35.7 Å². The number of carbonyl (C=O) groups excluding carboxylic acids is 1. The van der Waals surface area contributed by atoms with Crippen molar-refractivity contribution in [2.75, 3.05) is 5.01 Å². The molecule has 5 nitrogen and oxygen atoms in total. The lowest BCUT2D eigenvalue weighted by Crippen LogP contribution is -2.21. The van der Waals surface area contributed by atoms with E-state index in [9.17, 15) is 4.79 Å². The van der Waals surface area contributed by atoms with E-state index in [0.717, 1.165) is 19.6 Å². The van der Waals surface area contributed by atoms with Gasteiger partial charge in [0.25, 0.3) is 5.91 Å². The zero-order chi connectivity index (χ0) is 16.0. The van der Waals surface area contributed by atoms with E-state index in [0.29, 0.717) is 16.4 Å². The van der Waals surface area contributed by atoms with Crippen LogP contribution < -0.4 is 10.7 Å². The molecular weight excluding hydrogens is 396 g/mol. The van der Waals surface area contributed by atoms with Crippen molar-refractivity contribution in [1.82, 2.24) is 4.98 Å². The summed E-state index contributed by atoms with van der Waals surface area (Å²) in [4.78, 5) is 18.0. The summed E-state index contributed by atoms with van der Waals surface area (Å²) in [6.07, 6.45) is 1.31. The second-order valence-corrected chi connectivity index (χ2v) is 7.49. The molecule has 4 rings (SSSR count). The molecule has 0 saturated heterocycles. The first kappa shape index (κ1) is 14.6. The van der Waals surface area contributed by atoms with Gasteiger partial charge in [-0.1, -0.05) is 23.5 Å². The Balaban J connectivity index is 1.84. The third-order valence-corrected chi connectivity index (χ3v) is 6.20. The number of fused-ring (bicyclic) bond motifs is 1. The van der Waals surface area contributed by atoms with Gasteiger partial charge in [0.05, 0.1) is 20.7 Å². The van der Waals surface area contributed by atoms with Gasteiger partial charge in [-0.15, -0.1) is 11.3 Å². The van der Waals surface area contributed by atoms with Crippen LogP contribution >= 0.6 is 38.6 Å². The Kier molecular flexibility index (Phi) is 3.51. The van der Waals surface area contributed by atoms with Gasteiger partial charge in [-0.3, -0.25) is 4.79 Å². The first-order valence-corrected chi connectivity index (χ1v) is 9.12. The van der Waals surface area contributed by atoms with Crippen molar-refractivity contribution in [3.05, 3.63) is 56.8 Å². The number of halogens is 1. The lowest BCUT2D eigenvalue weighted by atomic mass is 10.1. The number of carbonyl (C=O) groups is 1. The Labute approximate surface area is 147 Å². The van der Waals surface area contributed by atoms with Crippen molar-refractivity contribution in [3.63, 3.8) is 0 Å². The molecule has 0 aliphatic carbocycles. The molecule has 3 heterocycles. The highest BCUT2D eigenvalue weighted by Crippen LogP contribution is 2.35. The second-order valence-electron chi connectivity index (χ2n) is 4.71. The summed E-state index contributed by atoms with van der Waals surface area (Å²) in [5.41, 5.74) is 7.46. The Bertz CT molecular complexity index is 955. The normalized spacial score (nSPS) is 16.6. The average Bonchev–Trinajstić information content (AvgIpc) is 3.23. The maximum absolute atomic E-state index is 12.6. The Hall–Kier alpha value is -2.03. The molecule has 0 unspecified atom stereocenters. The maximum Gasteiger partial charge on any atom is 0.284 e. The highest BCUT2D eigenvalue weighted by atomic mass is 79.9. The van der Waals surface area contributed by atoms with Gasteiger partial charge in [0, 0.05) is 10.7 Å². The molecule has 114 valence electrons. The van der Waals surface area contributed by atoms with Gasteiger partial charge >= 0.3 is 0 Å². The number of nitrogens with zero attached hydrogens (tertiary/aromatic N) is 3. The van der Waals surface area contributed by atoms with Crippen molar-refractivity contribution in [1.29, 1.82) is 0 Å². The molecule has 1 aliphatic rings. The smallest absolute Gasteiger partial charge is 0.284 e. The number of hydrogen-bond donors (Lipinski definition) is 1. The van der Waals surface area contributed by atoms with Gasteiger partial charge < -0.3 is 5.73 Å². The standard InChI is InChI=1S/C15H9BrN4OS2/c16-9-5-6-22-13(9)12-8(7-17)14(21)20(19-12)15-18-10-3-1-2-4-11(10)23-15/h1-7H,17H2/b8-7+. The predicted octanol–water partition coefficient (Wildman–Crippen LogP) is 3.71.